The van der Waals surface area contributed by atoms with E-state index in [0.29, 0.717) is 61.7 Å². The van der Waals surface area contributed by atoms with Crippen molar-refractivity contribution < 1.29 is 23.7 Å². The van der Waals surface area contributed by atoms with Crippen molar-refractivity contribution >= 4 is 57.6 Å². The van der Waals surface area contributed by atoms with Gasteiger partial charge in [-0.05, 0) is 105 Å². The molecule has 5 rings (SSSR count). The van der Waals surface area contributed by atoms with Crippen LogP contribution in [0.1, 0.15) is 57.4 Å². The van der Waals surface area contributed by atoms with E-state index >= 15 is 0 Å². The molecule has 46 heavy (non-hydrogen) atoms. The highest BCUT2D eigenvalue weighted by molar-refractivity contribution is 14.1. The monoisotopic (exact) mass is 772 g/mol. The number of ether oxygens (including phenoxy) is 4. The van der Waals surface area contributed by atoms with Gasteiger partial charge in [0.05, 0.1) is 38.7 Å². The summed E-state index contributed by atoms with van der Waals surface area (Å²) in [6.07, 6.45) is 1.69. The summed E-state index contributed by atoms with van der Waals surface area (Å²) in [7, 11) is 0. The van der Waals surface area contributed by atoms with Gasteiger partial charge in [0, 0.05) is 10.6 Å². The van der Waals surface area contributed by atoms with Crippen LogP contribution in [0.2, 0.25) is 5.02 Å². The van der Waals surface area contributed by atoms with Gasteiger partial charge in [0.2, 0.25) is 0 Å². The maximum Gasteiger partial charge on any atom is 0.338 e. The van der Waals surface area contributed by atoms with Crippen molar-refractivity contribution in [3.63, 3.8) is 0 Å². The quantitative estimate of drug-likeness (QED) is 0.123. The molecule has 240 valence electrons. The van der Waals surface area contributed by atoms with Crippen molar-refractivity contribution in [3.8, 4) is 17.2 Å². The first kappa shape index (κ1) is 33.7. The maximum absolute atomic E-state index is 14.2. The number of para-hydroxylation sites is 1. The highest BCUT2D eigenvalue weighted by Gasteiger charge is 2.35. The minimum atomic E-state index is -0.784. The minimum absolute atomic E-state index is 0.118. The zero-order valence-corrected chi connectivity index (χ0v) is 29.9. The average Bonchev–Trinajstić information content (AvgIpc) is 3.30. The van der Waals surface area contributed by atoms with E-state index in [9.17, 15) is 9.59 Å². The number of aromatic nitrogens is 1. The number of thiazole rings is 1. The highest BCUT2D eigenvalue weighted by Crippen LogP contribution is 2.37. The van der Waals surface area contributed by atoms with E-state index in [1.165, 1.54) is 11.3 Å². The number of esters is 1. The molecule has 1 aliphatic heterocycles. The number of nitrogens with zero attached hydrogens (tertiary/aromatic N) is 2. The zero-order valence-electron chi connectivity index (χ0n) is 26.1. The molecule has 0 bridgehead atoms. The molecule has 0 amide bonds. The third-order valence-corrected chi connectivity index (χ3v) is 9.01. The van der Waals surface area contributed by atoms with Gasteiger partial charge in [0.15, 0.2) is 16.3 Å². The lowest BCUT2D eigenvalue weighted by molar-refractivity contribution is -0.139. The Balaban J connectivity index is 1.62. The fourth-order valence-corrected chi connectivity index (χ4v) is 7.20. The first-order chi connectivity index (χ1) is 22.1. The predicted molar refractivity (Wildman–Crippen MR) is 189 cm³/mol. The highest BCUT2D eigenvalue weighted by atomic mass is 127. The standard InChI is InChI=1S/C35H34ClIN2O6S/c1-6-42-28-17-23(16-26(37)32(28)44-19-22-11-10-12-24(36)15-22)18-29-33(40)39-31(25-13-8-9-14-27(25)45-20(3)4)30(34(41)43-7-2)21(5)38-35(39)46-29/h8-18,20,31H,6-7,19H2,1-5H3/b29-18-/t31-/m1/s1. The van der Waals surface area contributed by atoms with Crippen LogP contribution in [-0.2, 0) is 16.1 Å². The molecule has 1 atom stereocenters. The number of rotatable bonds is 11. The summed E-state index contributed by atoms with van der Waals surface area (Å²) in [5.41, 5.74) is 2.88. The topological polar surface area (TPSA) is 88.4 Å². The van der Waals surface area contributed by atoms with Gasteiger partial charge in [-0.1, -0.05) is 53.3 Å². The van der Waals surface area contributed by atoms with E-state index in [1.807, 2.05) is 87.5 Å². The van der Waals surface area contributed by atoms with Crippen molar-refractivity contribution in [2.75, 3.05) is 13.2 Å². The lowest BCUT2D eigenvalue weighted by Crippen LogP contribution is -2.40. The number of hydrogen-bond acceptors (Lipinski definition) is 8. The molecule has 4 aromatic rings. The second kappa shape index (κ2) is 14.9. The Morgan fingerprint density at radius 3 is 2.57 bits per heavy atom. The van der Waals surface area contributed by atoms with Crippen LogP contribution in [-0.4, -0.2) is 29.9 Å². The van der Waals surface area contributed by atoms with Crippen LogP contribution in [0.3, 0.4) is 0 Å². The van der Waals surface area contributed by atoms with Crippen LogP contribution < -0.4 is 29.1 Å². The molecule has 8 nitrogen and oxygen atoms in total. The van der Waals surface area contributed by atoms with E-state index in [2.05, 4.69) is 22.6 Å². The van der Waals surface area contributed by atoms with Gasteiger partial charge in [-0.25, -0.2) is 9.79 Å². The van der Waals surface area contributed by atoms with Gasteiger partial charge < -0.3 is 18.9 Å². The fourth-order valence-electron chi connectivity index (χ4n) is 5.16. The molecule has 11 heteroatoms. The summed E-state index contributed by atoms with van der Waals surface area (Å²) in [5.74, 6) is 1.23. The van der Waals surface area contributed by atoms with Gasteiger partial charge in [-0.3, -0.25) is 9.36 Å². The van der Waals surface area contributed by atoms with E-state index < -0.39 is 12.0 Å². The molecular weight excluding hydrogens is 739 g/mol. The summed E-state index contributed by atoms with van der Waals surface area (Å²) < 4.78 is 26.6. The number of carbonyl (C=O) groups is 1. The Morgan fingerprint density at radius 1 is 1.07 bits per heavy atom. The summed E-state index contributed by atoms with van der Waals surface area (Å²) in [6.45, 7) is 10.2. The Morgan fingerprint density at radius 2 is 1.85 bits per heavy atom. The van der Waals surface area contributed by atoms with Gasteiger partial charge in [0.1, 0.15) is 18.4 Å². The fraction of sp³-hybridized carbons (Fsp3) is 0.286. The molecule has 0 spiro atoms. The summed E-state index contributed by atoms with van der Waals surface area (Å²) in [5, 5.41) is 0.639. The second-order valence-electron chi connectivity index (χ2n) is 10.7. The molecule has 1 aliphatic rings. The molecule has 3 aromatic carbocycles. The average molecular weight is 773 g/mol. The SMILES string of the molecule is CCOC(=O)C1=C(C)N=c2s/c(=C\c3cc(I)c(OCc4cccc(Cl)c4)c(OCC)c3)c(=O)n2[C@@H]1c1ccccc1OC(C)C. The number of allylic oxidation sites excluding steroid dienone is 1. The summed E-state index contributed by atoms with van der Waals surface area (Å²) >= 11 is 9.62. The Labute approximate surface area is 290 Å². The van der Waals surface area contributed by atoms with Crippen LogP contribution in [0.25, 0.3) is 6.08 Å². The molecular formula is C35H34ClIN2O6S. The molecule has 2 heterocycles. The predicted octanol–water partition coefficient (Wildman–Crippen LogP) is 6.82. The number of halogens is 2. The van der Waals surface area contributed by atoms with E-state index in [1.54, 1.807) is 18.4 Å². The lowest BCUT2D eigenvalue weighted by Gasteiger charge is -2.26. The zero-order chi connectivity index (χ0) is 33.0. The van der Waals surface area contributed by atoms with Crippen LogP contribution in [0, 0.1) is 3.57 Å². The molecule has 0 fully saturated rings. The van der Waals surface area contributed by atoms with Crippen LogP contribution in [0.4, 0.5) is 0 Å². The van der Waals surface area contributed by atoms with Crippen molar-refractivity contribution in [1.82, 2.24) is 4.57 Å². The molecule has 0 aliphatic carbocycles. The number of benzene rings is 3. The molecule has 0 unspecified atom stereocenters. The number of hydrogen-bond donors (Lipinski definition) is 0. The van der Waals surface area contributed by atoms with Crippen molar-refractivity contribution in [1.29, 1.82) is 0 Å². The largest absolute Gasteiger partial charge is 0.491 e. The minimum Gasteiger partial charge on any atom is -0.491 e. The van der Waals surface area contributed by atoms with Crippen molar-refractivity contribution in [2.24, 2.45) is 4.99 Å². The Kier molecular flexibility index (Phi) is 10.9. The number of carbonyl (C=O) groups excluding carboxylic acids is 1. The molecule has 0 saturated carbocycles. The van der Waals surface area contributed by atoms with Gasteiger partial charge >= 0.3 is 5.97 Å². The van der Waals surface area contributed by atoms with E-state index in [-0.39, 0.29) is 18.3 Å². The Hall–Kier alpha value is -3.61. The molecule has 0 radical (unpaired) electrons. The van der Waals surface area contributed by atoms with Crippen LogP contribution in [0.5, 0.6) is 17.2 Å². The summed E-state index contributed by atoms with van der Waals surface area (Å²) in [6, 6.07) is 18.0. The van der Waals surface area contributed by atoms with Gasteiger partial charge in [0.25, 0.3) is 5.56 Å². The van der Waals surface area contributed by atoms with E-state index in [4.69, 9.17) is 35.5 Å². The third kappa shape index (κ3) is 7.34. The van der Waals surface area contributed by atoms with Crippen LogP contribution >= 0.6 is 45.5 Å². The molecule has 0 saturated heterocycles. The number of fused-ring (bicyclic) bond motifs is 1. The van der Waals surface area contributed by atoms with Crippen molar-refractivity contribution in [3.05, 3.63) is 117 Å². The normalized spacial score (nSPS) is 14.6. The first-order valence-corrected chi connectivity index (χ1v) is 17.2. The van der Waals surface area contributed by atoms with E-state index in [0.717, 1.165) is 14.7 Å². The smallest absolute Gasteiger partial charge is 0.338 e. The molecule has 1 aromatic heterocycles. The van der Waals surface area contributed by atoms with Crippen molar-refractivity contribution in [2.45, 2.75) is 53.4 Å². The van der Waals surface area contributed by atoms with Gasteiger partial charge in [-0.15, -0.1) is 0 Å². The first-order valence-electron chi connectivity index (χ1n) is 14.9. The maximum atomic E-state index is 14.2. The third-order valence-electron chi connectivity index (χ3n) is 6.99. The Bertz CT molecular complexity index is 1980. The lowest BCUT2D eigenvalue weighted by atomic mass is 9.95. The van der Waals surface area contributed by atoms with Crippen LogP contribution in [0.15, 0.2) is 81.7 Å². The summed E-state index contributed by atoms with van der Waals surface area (Å²) in [4.78, 5) is 32.7. The molecule has 0 N–H and O–H groups in total. The second-order valence-corrected chi connectivity index (χ2v) is 13.3. The van der Waals surface area contributed by atoms with Gasteiger partial charge in [-0.2, -0.15) is 0 Å².